The molecule has 1 fully saturated rings. The van der Waals surface area contributed by atoms with Crippen LogP contribution in [0.25, 0.3) is 10.9 Å². The number of esters is 1. The van der Waals surface area contributed by atoms with E-state index in [0.29, 0.717) is 30.2 Å². The van der Waals surface area contributed by atoms with Crippen molar-refractivity contribution in [1.82, 2.24) is 9.88 Å². The summed E-state index contributed by atoms with van der Waals surface area (Å²) in [5.41, 5.74) is 3.72. The highest BCUT2D eigenvalue weighted by Gasteiger charge is 2.39. The van der Waals surface area contributed by atoms with Gasteiger partial charge in [0.2, 0.25) is 0 Å². The van der Waals surface area contributed by atoms with Gasteiger partial charge in [-0.15, -0.1) is 6.58 Å². The Morgan fingerprint density at radius 1 is 1.50 bits per heavy atom. The molecule has 0 aliphatic carbocycles. The normalized spacial score (nSPS) is 25.5. The minimum Gasteiger partial charge on any atom is -0.508 e. The number of ether oxygens (including phenoxy) is 1. The number of phenols is 1. The molecule has 1 aromatic carbocycles. The zero-order chi connectivity index (χ0) is 18.3. The summed E-state index contributed by atoms with van der Waals surface area (Å²) >= 11 is 0. The Hall–Kier alpha value is -2.27. The van der Waals surface area contributed by atoms with E-state index >= 15 is 0 Å². The third kappa shape index (κ3) is 3.01. The Kier molecular flexibility index (Phi) is 4.49. The summed E-state index contributed by atoms with van der Waals surface area (Å²) in [5, 5.41) is 11.0. The Morgan fingerprint density at radius 2 is 2.35 bits per heavy atom. The first kappa shape index (κ1) is 17.2. The van der Waals surface area contributed by atoms with Crippen LogP contribution in [0.1, 0.15) is 37.1 Å². The highest BCUT2D eigenvalue weighted by molar-refractivity contribution is 5.86. The van der Waals surface area contributed by atoms with E-state index in [1.165, 1.54) is 18.2 Å². The number of hydrogen-bond acceptors (Lipinski definition) is 4. The molecule has 0 amide bonds. The molecular weight excluding hydrogens is 328 g/mol. The van der Waals surface area contributed by atoms with Crippen molar-refractivity contribution >= 4 is 16.9 Å². The van der Waals surface area contributed by atoms with Gasteiger partial charge in [0, 0.05) is 36.6 Å². The molecule has 0 bridgehead atoms. The van der Waals surface area contributed by atoms with Gasteiger partial charge in [-0.2, -0.15) is 0 Å². The summed E-state index contributed by atoms with van der Waals surface area (Å²) in [6.45, 7) is 8.00. The smallest absolute Gasteiger partial charge is 0.302 e. The first-order valence-corrected chi connectivity index (χ1v) is 9.40. The molecule has 1 aromatic heterocycles. The van der Waals surface area contributed by atoms with Crippen molar-refractivity contribution in [1.29, 1.82) is 0 Å². The van der Waals surface area contributed by atoms with E-state index in [2.05, 4.69) is 22.5 Å². The van der Waals surface area contributed by atoms with Crippen LogP contribution in [0, 0.1) is 11.8 Å². The molecule has 2 aliphatic heterocycles. The minimum atomic E-state index is -0.215. The predicted octanol–water partition coefficient (Wildman–Crippen LogP) is 3.55. The average molecular weight is 354 g/mol. The topological polar surface area (TPSA) is 65.6 Å². The number of hydrogen-bond donors (Lipinski definition) is 2. The van der Waals surface area contributed by atoms with Gasteiger partial charge < -0.3 is 14.8 Å². The van der Waals surface area contributed by atoms with E-state index in [4.69, 9.17) is 4.74 Å². The number of fused-ring (bicyclic) bond motifs is 5. The molecule has 2 aliphatic rings. The molecule has 5 nitrogen and oxygen atoms in total. The number of benzene rings is 1. The molecule has 138 valence electrons. The van der Waals surface area contributed by atoms with Gasteiger partial charge in [0.15, 0.2) is 0 Å². The third-order valence-electron chi connectivity index (χ3n) is 6.02. The Labute approximate surface area is 153 Å². The van der Waals surface area contributed by atoms with Crippen LogP contribution in [-0.2, 0) is 16.0 Å². The SMILES string of the molecule is C=C[C@@H]1CN2CCc3c([nH]c4ccc(O)cc34)[C@@H]2C[C@H]1CCOC(C)=O. The molecule has 26 heavy (non-hydrogen) atoms. The van der Waals surface area contributed by atoms with E-state index in [-0.39, 0.29) is 5.97 Å². The number of H-pyrrole nitrogens is 1. The highest BCUT2D eigenvalue weighted by Crippen LogP contribution is 2.44. The lowest BCUT2D eigenvalue weighted by atomic mass is 9.77. The maximum atomic E-state index is 11.1. The predicted molar refractivity (Wildman–Crippen MR) is 101 cm³/mol. The Bertz CT molecular complexity index is 841. The summed E-state index contributed by atoms with van der Waals surface area (Å²) in [6.07, 6.45) is 4.96. The molecular formula is C21H26N2O3. The second kappa shape index (κ2) is 6.80. The Balaban J connectivity index is 1.61. The van der Waals surface area contributed by atoms with Gasteiger partial charge in [-0.3, -0.25) is 9.69 Å². The maximum absolute atomic E-state index is 11.1. The number of nitrogens with zero attached hydrogens (tertiary/aromatic N) is 1. The van der Waals surface area contributed by atoms with Crippen molar-refractivity contribution < 1.29 is 14.6 Å². The van der Waals surface area contributed by atoms with Gasteiger partial charge >= 0.3 is 5.97 Å². The monoisotopic (exact) mass is 354 g/mol. The lowest BCUT2D eigenvalue weighted by Gasteiger charge is -2.45. The molecule has 2 aromatic rings. The standard InChI is InChI=1S/C21H26N2O3/c1-3-14-12-23-8-6-17-18-11-16(25)4-5-19(18)22-21(17)20(23)10-15(14)7-9-26-13(2)24/h3-5,11,14-15,20,22,25H,1,6-10,12H2,2H3/t14-,15-,20+/m1/s1. The Morgan fingerprint density at radius 3 is 3.12 bits per heavy atom. The number of carbonyl (C=O) groups excluding carboxylic acids is 1. The molecule has 0 radical (unpaired) electrons. The summed E-state index contributed by atoms with van der Waals surface area (Å²) in [4.78, 5) is 17.2. The summed E-state index contributed by atoms with van der Waals surface area (Å²) < 4.78 is 5.18. The van der Waals surface area contributed by atoms with Gasteiger partial charge in [0.25, 0.3) is 0 Å². The third-order valence-corrected chi connectivity index (χ3v) is 6.02. The largest absolute Gasteiger partial charge is 0.508 e. The zero-order valence-electron chi connectivity index (χ0n) is 15.2. The fraction of sp³-hybridized carbons (Fsp3) is 0.476. The van der Waals surface area contributed by atoms with Gasteiger partial charge in [-0.05, 0) is 54.9 Å². The number of rotatable bonds is 4. The van der Waals surface area contributed by atoms with Crippen LogP contribution in [0.3, 0.4) is 0 Å². The van der Waals surface area contributed by atoms with E-state index in [1.807, 2.05) is 12.1 Å². The number of piperidine rings is 1. The number of aromatic hydroxyl groups is 1. The van der Waals surface area contributed by atoms with Crippen LogP contribution in [0.5, 0.6) is 5.75 Å². The van der Waals surface area contributed by atoms with Crippen molar-refractivity contribution in [2.75, 3.05) is 19.7 Å². The van der Waals surface area contributed by atoms with Crippen molar-refractivity contribution in [2.24, 2.45) is 11.8 Å². The van der Waals surface area contributed by atoms with Gasteiger partial charge in [-0.1, -0.05) is 6.08 Å². The van der Waals surface area contributed by atoms with Crippen LogP contribution in [-0.4, -0.2) is 40.7 Å². The molecule has 1 saturated heterocycles. The molecule has 3 atom stereocenters. The number of nitrogens with one attached hydrogen (secondary N) is 1. The summed E-state index contributed by atoms with van der Waals surface area (Å²) in [5.74, 6) is 0.986. The van der Waals surface area contributed by atoms with E-state index in [0.717, 1.165) is 43.3 Å². The number of carbonyl (C=O) groups is 1. The second-order valence-electron chi connectivity index (χ2n) is 7.53. The summed E-state index contributed by atoms with van der Waals surface area (Å²) in [6, 6.07) is 5.92. The van der Waals surface area contributed by atoms with Gasteiger partial charge in [0.1, 0.15) is 5.75 Å². The average Bonchev–Trinajstić information content (AvgIpc) is 2.99. The number of aromatic nitrogens is 1. The van der Waals surface area contributed by atoms with Crippen LogP contribution in [0.15, 0.2) is 30.9 Å². The highest BCUT2D eigenvalue weighted by atomic mass is 16.5. The minimum absolute atomic E-state index is 0.215. The van der Waals surface area contributed by atoms with E-state index in [9.17, 15) is 9.90 Å². The van der Waals surface area contributed by atoms with Crippen LogP contribution < -0.4 is 0 Å². The summed E-state index contributed by atoms with van der Waals surface area (Å²) in [7, 11) is 0. The van der Waals surface area contributed by atoms with Crippen molar-refractivity contribution in [3.05, 3.63) is 42.1 Å². The van der Waals surface area contributed by atoms with Crippen molar-refractivity contribution in [2.45, 2.75) is 32.2 Å². The van der Waals surface area contributed by atoms with E-state index in [1.54, 1.807) is 6.07 Å². The lowest BCUT2D eigenvalue weighted by molar-refractivity contribution is -0.141. The molecule has 5 heteroatoms. The fourth-order valence-corrected chi connectivity index (χ4v) is 4.72. The lowest BCUT2D eigenvalue weighted by Crippen LogP contribution is -2.45. The second-order valence-corrected chi connectivity index (χ2v) is 7.53. The first-order chi connectivity index (χ1) is 12.6. The fourth-order valence-electron chi connectivity index (χ4n) is 4.72. The molecule has 0 unspecified atom stereocenters. The van der Waals surface area contributed by atoms with Crippen LogP contribution in [0.2, 0.25) is 0 Å². The molecule has 2 N–H and O–H groups in total. The van der Waals surface area contributed by atoms with Gasteiger partial charge in [-0.25, -0.2) is 0 Å². The molecule has 3 heterocycles. The van der Waals surface area contributed by atoms with Gasteiger partial charge in [0.05, 0.1) is 12.6 Å². The zero-order valence-corrected chi connectivity index (χ0v) is 15.2. The van der Waals surface area contributed by atoms with E-state index < -0.39 is 0 Å². The maximum Gasteiger partial charge on any atom is 0.302 e. The van der Waals surface area contributed by atoms with Crippen molar-refractivity contribution in [3.8, 4) is 5.75 Å². The van der Waals surface area contributed by atoms with Crippen LogP contribution >= 0.6 is 0 Å². The molecule has 0 saturated carbocycles. The van der Waals surface area contributed by atoms with Crippen molar-refractivity contribution in [3.63, 3.8) is 0 Å². The van der Waals surface area contributed by atoms with Crippen LogP contribution in [0.4, 0.5) is 0 Å². The number of aromatic amines is 1. The molecule has 4 rings (SSSR count). The molecule has 0 spiro atoms. The number of phenolic OH excluding ortho intramolecular Hbond substituents is 1. The first-order valence-electron chi connectivity index (χ1n) is 9.40. The quantitative estimate of drug-likeness (QED) is 0.651.